The number of nitrogens with zero attached hydrogens (tertiary/aromatic N) is 4. The van der Waals surface area contributed by atoms with Gasteiger partial charge in [0, 0.05) is 31.2 Å². The van der Waals surface area contributed by atoms with Gasteiger partial charge < -0.3 is 9.32 Å². The number of aromatic nitrogens is 2. The van der Waals surface area contributed by atoms with Crippen LogP contribution in [0.5, 0.6) is 0 Å². The van der Waals surface area contributed by atoms with Crippen molar-refractivity contribution < 1.29 is 9.21 Å². The molecule has 1 amide bonds. The van der Waals surface area contributed by atoms with E-state index < -0.39 is 0 Å². The van der Waals surface area contributed by atoms with Crippen LogP contribution in [-0.2, 0) is 0 Å². The molecule has 0 aliphatic carbocycles. The fourth-order valence-corrected chi connectivity index (χ4v) is 3.14. The number of rotatable bonds is 2. The monoisotopic (exact) mass is 328 g/mol. The molecule has 3 rings (SSSR count). The molecular weight excluding hydrogens is 304 g/mol. The van der Waals surface area contributed by atoms with Gasteiger partial charge in [-0.25, -0.2) is 0 Å². The van der Waals surface area contributed by atoms with Gasteiger partial charge >= 0.3 is 11.8 Å². The molecule has 1 saturated heterocycles. The molecule has 1 unspecified atom stereocenters. The zero-order valence-corrected chi connectivity index (χ0v) is 14.7. The first-order valence-electron chi connectivity index (χ1n) is 8.24. The maximum absolute atomic E-state index is 12.7. The van der Waals surface area contributed by atoms with Crippen LogP contribution in [0.2, 0.25) is 0 Å². The zero-order valence-electron chi connectivity index (χ0n) is 14.7. The normalized spacial score (nSPS) is 19.5. The third-order valence-corrected chi connectivity index (χ3v) is 4.56. The highest BCUT2D eigenvalue weighted by Crippen LogP contribution is 2.27. The molecule has 1 aromatic carbocycles. The first kappa shape index (κ1) is 16.6. The molecule has 0 spiro atoms. The maximum atomic E-state index is 12.7. The molecule has 128 valence electrons. The topological polar surface area (TPSA) is 62.5 Å². The summed E-state index contributed by atoms with van der Waals surface area (Å²) in [7, 11) is 2.11. The molecule has 1 aliphatic heterocycles. The molecule has 0 bridgehead atoms. The number of hydrogen-bond donors (Lipinski definition) is 0. The lowest BCUT2D eigenvalue weighted by atomic mass is 9.84. The third-order valence-electron chi connectivity index (χ3n) is 4.56. The van der Waals surface area contributed by atoms with Gasteiger partial charge in [0.15, 0.2) is 0 Å². The van der Waals surface area contributed by atoms with E-state index in [0.717, 1.165) is 12.1 Å². The van der Waals surface area contributed by atoms with Crippen LogP contribution < -0.4 is 0 Å². The molecule has 6 nitrogen and oxygen atoms in total. The van der Waals surface area contributed by atoms with Crippen LogP contribution >= 0.6 is 0 Å². The Morgan fingerprint density at radius 3 is 2.54 bits per heavy atom. The predicted molar refractivity (Wildman–Crippen MR) is 91.5 cm³/mol. The second-order valence-corrected chi connectivity index (χ2v) is 7.39. The molecule has 0 saturated carbocycles. The summed E-state index contributed by atoms with van der Waals surface area (Å²) >= 11 is 0. The molecule has 2 heterocycles. The minimum absolute atomic E-state index is 0.0612. The molecule has 2 aromatic rings. The van der Waals surface area contributed by atoms with E-state index in [2.05, 4.69) is 42.9 Å². The molecule has 1 aromatic heterocycles. The summed E-state index contributed by atoms with van der Waals surface area (Å²) in [4.78, 5) is 16.9. The lowest BCUT2D eigenvalue weighted by Crippen LogP contribution is -2.57. The van der Waals surface area contributed by atoms with Crippen molar-refractivity contribution in [1.82, 2.24) is 20.0 Å². The standard InChI is InChI=1S/C18H24N4O2/c1-18(2,3)14-12-22(11-10-21(14)4)17(23)16-20-19-15(24-16)13-8-6-5-7-9-13/h5-9,14H,10-12H2,1-4H3. The fourth-order valence-electron chi connectivity index (χ4n) is 3.14. The summed E-state index contributed by atoms with van der Waals surface area (Å²) in [5, 5.41) is 7.96. The minimum Gasteiger partial charge on any atom is -0.412 e. The molecule has 24 heavy (non-hydrogen) atoms. The summed E-state index contributed by atoms with van der Waals surface area (Å²) < 4.78 is 5.61. The predicted octanol–water partition coefficient (Wildman–Crippen LogP) is 2.54. The summed E-state index contributed by atoms with van der Waals surface area (Å²) in [6.07, 6.45) is 0. The van der Waals surface area contributed by atoms with Crippen LogP contribution in [0, 0.1) is 5.41 Å². The summed E-state index contributed by atoms with van der Waals surface area (Å²) in [6.45, 7) is 8.77. The Morgan fingerprint density at radius 1 is 1.17 bits per heavy atom. The van der Waals surface area contributed by atoms with Crippen molar-refractivity contribution in [1.29, 1.82) is 0 Å². The smallest absolute Gasteiger partial charge is 0.311 e. The SMILES string of the molecule is CN1CCN(C(=O)c2nnc(-c3ccccc3)o2)CC1C(C)(C)C. The van der Waals surface area contributed by atoms with E-state index in [1.165, 1.54) is 0 Å². The van der Waals surface area contributed by atoms with E-state index in [0.29, 0.717) is 25.0 Å². The third kappa shape index (κ3) is 3.33. The number of carbonyl (C=O) groups is 1. The Morgan fingerprint density at radius 2 is 1.88 bits per heavy atom. The van der Waals surface area contributed by atoms with Gasteiger partial charge in [0.25, 0.3) is 0 Å². The first-order chi connectivity index (χ1) is 11.4. The number of hydrogen-bond acceptors (Lipinski definition) is 5. The zero-order chi connectivity index (χ0) is 17.3. The maximum Gasteiger partial charge on any atom is 0.311 e. The molecule has 0 N–H and O–H groups in total. The molecular formula is C18H24N4O2. The van der Waals surface area contributed by atoms with Crippen molar-refractivity contribution in [3.8, 4) is 11.5 Å². The van der Waals surface area contributed by atoms with Gasteiger partial charge in [-0.3, -0.25) is 9.69 Å². The minimum atomic E-state index is -0.188. The van der Waals surface area contributed by atoms with E-state index in [9.17, 15) is 4.79 Å². The van der Waals surface area contributed by atoms with Crippen molar-refractivity contribution in [2.45, 2.75) is 26.8 Å². The number of benzene rings is 1. The lowest BCUT2D eigenvalue weighted by Gasteiger charge is -2.45. The molecule has 1 aliphatic rings. The number of likely N-dealkylation sites (N-methyl/N-ethyl adjacent to an activating group) is 1. The Hall–Kier alpha value is -2.21. The van der Waals surface area contributed by atoms with Gasteiger partial charge in [-0.1, -0.05) is 39.0 Å². The average Bonchev–Trinajstić information content (AvgIpc) is 3.04. The van der Waals surface area contributed by atoms with Crippen LogP contribution in [0.25, 0.3) is 11.5 Å². The highest BCUT2D eigenvalue weighted by atomic mass is 16.4. The summed E-state index contributed by atoms with van der Waals surface area (Å²) in [5.41, 5.74) is 0.910. The molecule has 0 radical (unpaired) electrons. The first-order valence-corrected chi connectivity index (χ1v) is 8.24. The van der Waals surface area contributed by atoms with E-state index in [4.69, 9.17) is 4.42 Å². The van der Waals surface area contributed by atoms with Crippen molar-refractivity contribution in [3.05, 3.63) is 36.2 Å². The Labute approximate surface area is 142 Å². The van der Waals surface area contributed by atoms with E-state index >= 15 is 0 Å². The average molecular weight is 328 g/mol. The van der Waals surface area contributed by atoms with Crippen molar-refractivity contribution in [2.24, 2.45) is 5.41 Å². The molecule has 1 fully saturated rings. The van der Waals surface area contributed by atoms with Gasteiger partial charge in [0.1, 0.15) is 0 Å². The highest BCUT2D eigenvalue weighted by Gasteiger charge is 2.36. The van der Waals surface area contributed by atoms with Crippen molar-refractivity contribution in [3.63, 3.8) is 0 Å². The summed E-state index contributed by atoms with van der Waals surface area (Å²) in [6, 6.07) is 9.78. The number of piperazine rings is 1. The Kier molecular flexibility index (Phi) is 4.41. The quantitative estimate of drug-likeness (QED) is 0.848. The Bertz CT molecular complexity index is 705. The second-order valence-electron chi connectivity index (χ2n) is 7.39. The van der Waals surface area contributed by atoms with Gasteiger partial charge in [0.2, 0.25) is 5.89 Å². The van der Waals surface area contributed by atoms with Gasteiger partial charge in [0.05, 0.1) is 0 Å². The van der Waals surface area contributed by atoms with Gasteiger partial charge in [-0.2, -0.15) is 0 Å². The van der Waals surface area contributed by atoms with Crippen LogP contribution in [0.3, 0.4) is 0 Å². The van der Waals surface area contributed by atoms with Crippen LogP contribution in [0.15, 0.2) is 34.7 Å². The van der Waals surface area contributed by atoms with E-state index in [1.54, 1.807) is 0 Å². The lowest BCUT2D eigenvalue weighted by molar-refractivity contribution is 0.0258. The summed E-state index contributed by atoms with van der Waals surface area (Å²) in [5.74, 6) is 0.249. The Balaban J connectivity index is 1.76. The van der Waals surface area contributed by atoms with E-state index in [-0.39, 0.29) is 17.2 Å². The highest BCUT2D eigenvalue weighted by molar-refractivity contribution is 5.89. The van der Waals surface area contributed by atoms with Crippen LogP contribution in [0.4, 0.5) is 0 Å². The van der Waals surface area contributed by atoms with Gasteiger partial charge in [-0.05, 0) is 24.6 Å². The molecule has 6 heteroatoms. The number of amides is 1. The van der Waals surface area contributed by atoms with Crippen LogP contribution in [0.1, 0.15) is 31.5 Å². The van der Waals surface area contributed by atoms with Gasteiger partial charge in [-0.15, -0.1) is 10.2 Å². The molecule has 1 atom stereocenters. The second kappa shape index (κ2) is 6.36. The van der Waals surface area contributed by atoms with E-state index in [1.807, 2.05) is 35.2 Å². The fraction of sp³-hybridized carbons (Fsp3) is 0.500. The van der Waals surface area contributed by atoms with Crippen molar-refractivity contribution in [2.75, 3.05) is 26.7 Å². The van der Waals surface area contributed by atoms with Crippen molar-refractivity contribution >= 4 is 5.91 Å². The number of carbonyl (C=O) groups excluding carboxylic acids is 1. The van der Waals surface area contributed by atoms with Crippen LogP contribution in [-0.4, -0.2) is 58.6 Å². The largest absolute Gasteiger partial charge is 0.412 e.